The highest BCUT2D eigenvalue weighted by molar-refractivity contribution is 7.86. The average molecular weight is 1520 g/mol. The van der Waals surface area contributed by atoms with Crippen LogP contribution in [0.5, 0.6) is 0 Å². The molecule has 3 fully saturated rings. The van der Waals surface area contributed by atoms with E-state index in [0.29, 0.717) is 28.7 Å². The summed E-state index contributed by atoms with van der Waals surface area (Å²) in [6, 6.07) is 6.55. The van der Waals surface area contributed by atoms with Crippen molar-refractivity contribution in [2.24, 2.45) is 0 Å². The molecule has 0 saturated carbocycles. The molecular weight excluding hydrogens is 1460 g/mol. The normalized spacial score (nSPS) is 18.0. The number of nitrogens with zero attached hydrogens (tertiary/aromatic N) is 10. The topological polar surface area (TPSA) is 351 Å². The number of rotatable bonds is 16. The lowest BCUT2D eigenvalue weighted by Crippen LogP contribution is -2.42. The summed E-state index contributed by atoms with van der Waals surface area (Å²) in [7, 11) is -3.79. The van der Waals surface area contributed by atoms with Gasteiger partial charge in [0, 0.05) is 93.9 Å². The molecule has 31 nitrogen and oxygen atoms in total. The first kappa shape index (κ1) is 78.5. The standard InChI is InChI=1S/C23H23F3N4O6.C18H15F3N4O4.C16H15F3N2O6S.C8H12N2O3/c1-23(2,3)36-22(33)30(17-6-9-34-27-17)12-14-11-29(21(32)35-14)16-10-15(24)20(19(26)18(16)25)28-7-4-13(31)5-8-28;19-12-7-13(15(20)16(21)17(12)24-4-1-10(26)2-5-24)25-9-11(29-18(25)27)8-22-14-3-6-28-23-14;1-28(24,25)26-8-10-7-21(16(23)27-10)12-6-11(17)15(14(19)13(12)18)20-4-2-9(22)3-5-20;1-8(2,3)13-7(11)9-6-4-5-12-10-6/h4,6-7,9-10,14H,5,8,11-12H2,1-3H3;1,3-4,6-7,11H,2,5,8-9H2,(H,22,23);2,4,6,10H,3,5,7-8H2,1H3;4-5H,1-3H3,(H,9,10,11)/t14-;11-;10-;/m101./s1. The van der Waals surface area contributed by atoms with Gasteiger partial charge >= 0.3 is 30.5 Å². The zero-order valence-electron chi connectivity index (χ0n) is 56.9. The fraction of sp³-hybridized carbons (Fsp3) is 0.369. The van der Waals surface area contributed by atoms with Crippen molar-refractivity contribution in [1.29, 1.82) is 0 Å². The third-order valence-corrected chi connectivity index (χ3v) is 15.6. The molecule has 568 valence electrons. The zero-order valence-corrected chi connectivity index (χ0v) is 57.7. The van der Waals surface area contributed by atoms with Crippen LogP contribution >= 0.6 is 0 Å². The van der Waals surface area contributed by atoms with Crippen LogP contribution < -0.4 is 44.9 Å². The molecule has 3 atom stereocenters. The second-order valence-corrected chi connectivity index (χ2v) is 26.9. The molecule has 0 spiro atoms. The second-order valence-electron chi connectivity index (χ2n) is 25.3. The van der Waals surface area contributed by atoms with Crippen LogP contribution in [0.25, 0.3) is 0 Å². The maximum Gasteiger partial charge on any atom is 0.416 e. The summed E-state index contributed by atoms with van der Waals surface area (Å²) in [6.07, 6.45) is 4.58. The van der Waals surface area contributed by atoms with E-state index in [1.54, 1.807) is 47.6 Å². The van der Waals surface area contributed by atoms with Gasteiger partial charge in [-0.3, -0.25) is 43.5 Å². The molecule has 0 bridgehead atoms. The number of hydrogen-bond acceptors (Lipinski definition) is 26. The maximum atomic E-state index is 15.0. The van der Waals surface area contributed by atoms with Gasteiger partial charge in [-0.15, -0.1) is 0 Å². The fourth-order valence-electron chi connectivity index (χ4n) is 10.3. The van der Waals surface area contributed by atoms with Crippen LogP contribution in [0.2, 0.25) is 0 Å². The first-order valence-corrected chi connectivity index (χ1v) is 33.4. The van der Waals surface area contributed by atoms with Gasteiger partial charge in [0.2, 0.25) is 0 Å². The van der Waals surface area contributed by atoms with Crippen molar-refractivity contribution >= 4 is 110 Å². The van der Waals surface area contributed by atoms with Crippen LogP contribution in [0.15, 0.2) is 106 Å². The number of carbonyl (C=O) groups excluding carboxylic acids is 8. The minimum atomic E-state index is -3.79. The van der Waals surface area contributed by atoms with Crippen molar-refractivity contribution in [1.82, 2.24) is 15.5 Å². The highest BCUT2D eigenvalue weighted by Gasteiger charge is 2.42. The number of benzene rings is 3. The van der Waals surface area contributed by atoms with Crippen LogP contribution in [0.3, 0.4) is 0 Å². The van der Waals surface area contributed by atoms with Gasteiger partial charge in [0.1, 0.15) is 72.0 Å². The maximum absolute atomic E-state index is 15.0. The molecule has 6 aliphatic heterocycles. The molecule has 3 aromatic heterocycles. The van der Waals surface area contributed by atoms with E-state index >= 15 is 4.39 Å². The first-order valence-electron chi connectivity index (χ1n) is 31.6. The summed E-state index contributed by atoms with van der Waals surface area (Å²) in [4.78, 5) is 101. The number of allylic oxidation sites excluding steroid dienone is 3. The summed E-state index contributed by atoms with van der Waals surface area (Å²) in [5, 5.41) is 16.1. The van der Waals surface area contributed by atoms with Crippen LogP contribution in [-0.2, 0) is 52.4 Å². The number of aromatic nitrogens is 3. The first-order chi connectivity index (χ1) is 49.9. The monoisotopic (exact) mass is 1520 g/mol. The molecule has 0 radical (unpaired) electrons. The average Bonchev–Trinajstić information content (AvgIpc) is 1.57. The lowest BCUT2D eigenvalue weighted by atomic mass is 10.1. The Hall–Kier alpha value is -11.7. The summed E-state index contributed by atoms with van der Waals surface area (Å²) in [6.45, 7) is 8.90. The third-order valence-electron chi connectivity index (χ3n) is 15.0. The largest absolute Gasteiger partial charge is 0.444 e. The van der Waals surface area contributed by atoms with Gasteiger partial charge < -0.3 is 57.3 Å². The summed E-state index contributed by atoms with van der Waals surface area (Å²) >= 11 is 0. The van der Waals surface area contributed by atoms with E-state index in [4.69, 9.17) is 28.2 Å². The smallest absolute Gasteiger partial charge is 0.416 e. The second kappa shape index (κ2) is 33.0. The van der Waals surface area contributed by atoms with Gasteiger partial charge in [-0.2, -0.15) is 8.42 Å². The molecule has 9 heterocycles. The molecule has 5 amide bonds. The van der Waals surface area contributed by atoms with Crippen molar-refractivity contribution < 1.29 is 128 Å². The number of amides is 5. The Bertz CT molecular complexity index is 4500. The van der Waals surface area contributed by atoms with E-state index in [1.807, 2.05) is 0 Å². The molecule has 6 aliphatic rings. The molecule has 3 aromatic carbocycles. The summed E-state index contributed by atoms with van der Waals surface area (Å²) in [5.74, 6) is -11.9. The fourth-order valence-corrected chi connectivity index (χ4v) is 10.7. The highest BCUT2D eigenvalue weighted by atomic mass is 32.2. The molecule has 41 heteroatoms. The number of carbonyl (C=O) groups is 8. The van der Waals surface area contributed by atoms with E-state index in [9.17, 15) is 81.9 Å². The van der Waals surface area contributed by atoms with Crippen molar-refractivity contribution in [2.45, 2.75) is 90.3 Å². The summed E-state index contributed by atoms with van der Waals surface area (Å²) in [5.41, 5.74) is -5.24. The lowest BCUT2D eigenvalue weighted by Gasteiger charge is -2.27. The van der Waals surface area contributed by atoms with Crippen molar-refractivity contribution in [3.8, 4) is 0 Å². The van der Waals surface area contributed by atoms with E-state index in [1.165, 1.54) is 49.4 Å². The van der Waals surface area contributed by atoms with Gasteiger partial charge in [-0.1, -0.05) is 15.5 Å². The van der Waals surface area contributed by atoms with E-state index < -0.39 is 163 Å². The Balaban J connectivity index is 0.000000171. The zero-order chi connectivity index (χ0) is 77.3. The van der Waals surface area contributed by atoms with Gasteiger partial charge in [0.15, 0.2) is 87.2 Å². The number of ketones is 3. The summed E-state index contributed by atoms with van der Waals surface area (Å²) < 4.78 is 198. The lowest BCUT2D eigenvalue weighted by molar-refractivity contribution is -0.115. The van der Waals surface area contributed by atoms with E-state index in [0.717, 1.165) is 60.1 Å². The third kappa shape index (κ3) is 20.0. The predicted octanol–water partition coefficient (Wildman–Crippen LogP) is 10.7. The highest BCUT2D eigenvalue weighted by Crippen LogP contribution is 2.39. The minimum Gasteiger partial charge on any atom is -0.444 e. The number of anilines is 9. The number of nitrogens with one attached hydrogen (secondary N) is 2. The number of halogens is 9. The molecule has 6 aromatic rings. The van der Waals surface area contributed by atoms with Crippen LogP contribution in [0.4, 0.5) is 115 Å². The van der Waals surface area contributed by atoms with Gasteiger partial charge in [-0.05, 0) is 59.8 Å². The van der Waals surface area contributed by atoms with Crippen LogP contribution in [-0.4, -0.2) is 166 Å². The Labute approximate surface area is 595 Å². The molecule has 3 saturated heterocycles. The van der Waals surface area contributed by atoms with Crippen LogP contribution in [0.1, 0.15) is 60.8 Å². The Kier molecular flexibility index (Phi) is 24.4. The van der Waals surface area contributed by atoms with Gasteiger partial charge in [-0.25, -0.2) is 63.5 Å². The van der Waals surface area contributed by atoms with Gasteiger partial charge in [0.25, 0.3) is 10.1 Å². The van der Waals surface area contributed by atoms with E-state index in [-0.39, 0.29) is 94.8 Å². The Morgan fingerprint density at radius 2 is 0.925 bits per heavy atom. The van der Waals surface area contributed by atoms with E-state index in [2.05, 4.69) is 39.3 Å². The Morgan fingerprint density at radius 3 is 1.30 bits per heavy atom. The van der Waals surface area contributed by atoms with Gasteiger partial charge in [0.05, 0.1) is 56.0 Å². The number of cyclic esters (lactones) is 3. The predicted molar refractivity (Wildman–Crippen MR) is 352 cm³/mol. The number of ether oxygens (including phenoxy) is 5. The quantitative estimate of drug-likeness (QED) is 0.0393. The van der Waals surface area contributed by atoms with Crippen LogP contribution in [0, 0.1) is 52.4 Å². The molecule has 0 unspecified atom stereocenters. The van der Waals surface area contributed by atoms with Crippen molar-refractivity contribution in [2.75, 3.05) is 110 Å². The molecule has 0 aliphatic carbocycles. The van der Waals surface area contributed by atoms with Crippen molar-refractivity contribution in [3.05, 3.63) is 144 Å². The molecular formula is C65H65F9N12O19S. The minimum absolute atomic E-state index is 0.0125. The Morgan fingerprint density at radius 1 is 0.538 bits per heavy atom. The molecule has 106 heavy (non-hydrogen) atoms. The van der Waals surface area contributed by atoms with Crippen molar-refractivity contribution in [3.63, 3.8) is 0 Å². The number of hydrogen-bond donors (Lipinski definition) is 2. The molecule has 12 rings (SSSR count). The molecule has 2 N–H and O–H groups in total. The SMILES string of the molecule is CC(C)(C)OC(=O)N(C[C@H]1CN(c2cc(F)c(N3C=CC(=O)CC3)c(F)c2F)C(=O)O1)c1ccon1.CC(C)(C)OC(=O)Nc1ccon1.CS(=O)(=O)OC[C@H]1CN(c2cc(F)c(N3C=CC(=O)CC3)c(F)c2F)C(=O)O1.O=C1C=CN(c2c(F)cc(N3C[C@H](CNc4ccon4)OC3=O)c(F)c2F)CC1.